The maximum Gasteiger partial charge on any atom is 0.416 e. The smallest absolute Gasteiger partial charge is 0.366 e. The molecule has 1 saturated heterocycles. The Hall–Kier alpha value is -3.37. The summed E-state index contributed by atoms with van der Waals surface area (Å²) < 4.78 is 47.9. The Morgan fingerprint density at radius 2 is 1.94 bits per heavy atom. The normalized spacial score (nSPS) is 14.8. The molecule has 0 saturated carbocycles. The molecule has 2 aromatic carbocycles. The van der Waals surface area contributed by atoms with Gasteiger partial charge in [-0.1, -0.05) is 0 Å². The lowest BCUT2D eigenvalue weighted by Crippen LogP contribution is -2.49. The van der Waals surface area contributed by atoms with Gasteiger partial charge in [-0.15, -0.1) is 0 Å². The molecule has 1 aliphatic heterocycles. The topological polar surface area (TPSA) is 73.1 Å². The lowest BCUT2D eigenvalue weighted by atomic mass is 10.2. The fourth-order valence-electron chi connectivity index (χ4n) is 3.80. The van der Waals surface area contributed by atoms with Crippen LogP contribution in [0.4, 0.5) is 18.9 Å². The summed E-state index contributed by atoms with van der Waals surface area (Å²) in [5.74, 6) is -0.249. The molecule has 1 fully saturated rings. The molecule has 0 aliphatic carbocycles. The largest absolute Gasteiger partial charge is 0.416 e. The zero-order chi connectivity index (χ0) is 22.5. The standard InChI is InChI=1S/C22H20F3N5O2/c1-29-11-18-17-8-14(27-20(31)12-32-16-9-26-10-16)4-7-19(17)30(21(18)28-29)15-5-2-13(3-6-15)22(23,24)25/h2-8,11,16,26H,9-10,12H2,1H3,(H,27,31). The molecule has 2 N–H and O–H groups in total. The number of amides is 1. The lowest BCUT2D eigenvalue weighted by molar-refractivity contribution is -0.137. The molecule has 5 rings (SSSR count). The number of carbonyl (C=O) groups excluding carboxylic acids is 1. The predicted molar refractivity (Wildman–Crippen MR) is 114 cm³/mol. The van der Waals surface area contributed by atoms with Crippen LogP contribution in [-0.2, 0) is 22.8 Å². The number of aromatic nitrogens is 3. The number of nitrogens with one attached hydrogen (secondary N) is 2. The van der Waals surface area contributed by atoms with E-state index in [2.05, 4.69) is 15.7 Å². The third-order valence-electron chi connectivity index (χ3n) is 5.48. The Morgan fingerprint density at radius 1 is 1.19 bits per heavy atom. The van der Waals surface area contributed by atoms with Crippen molar-refractivity contribution < 1.29 is 22.7 Å². The second-order valence-electron chi connectivity index (χ2n) is 7.79. The van der Waals surface area contributed by atoms with Gasteiger partial charge in [0.15, 0.2) is 5.65 Å². The quantitative estimate of drug-likeness (QED) is 0.496. The zero-order valence-electron chi connectivity index (χ0n) is 17.1. The molecule has 2 aromatic heterocycles. The number of carbonyl (C=O) groups is 1. The minimum absolute atomic E-state index is 0.0285. The van der Waals surface area contributed by atoms with Gasteiger partial charge in [0.05, 0.1) is 17.2 Å². The molecular weight excluding hydrogens is 423 g/mol. The third kappa shape index (κ3) is 3.71. The number of benzene rings is 2. The summed E-state index contributed by atoms with van der Waals surface area (Å²) in [6.07, 6.45) is -2.49. The number of halogens is 3. The van der Waals surface area contributed by atoms with Gasteiger partial charge in [0.25, 0.3) is 0 Å². The number of fused-ring (bicyclic) bond motifs is 3. The van der Waals surface area contributed by atoms with E-state index in [1.807, 2.05) is 22.9 Å². The molecule has 32 heavy (non-hydrogen) atoms. The van der Waals surface area contributed by atoms with Crippen molar-refractivity contribution in [3.63, 3.8) is 0 Å². The van der Waals surface area contributed by atoms with Crippen LogP contribution in [0.3, 0.4) is 0 Å². The van der Waals surface area contributed by atoms with E-state index in [0.717, 1.165) is 41.5 Å². The minimum Gasteiger partial charge on any atom is -0.366 e. The first-order valence-electron chi connectivity index (χ1n) is 10.1. The van der Waals surface area contributed by atoms with Gasteiger partial charge in [-0.2, -0.15) is 18.3 Å². The van der Waals surface area contributed by atoms with Crippen LogP contribution >= 0.6 is 0 Å². The van der Waals surface area contributed by atoms with Crippen molar-refractivity contribution in [2.24, 2.45) is 7.05 Å². The van der Waals surface area contributed by atoms with Crippen molar-refractivity contribution in [2.75, 3.05) is 25.0 Å². The number of hydrogen-bond donors (Lipinski definition) is 2. The highest BCUT2D eigenvalue weighted by Crippen LogP contribution is 2.34. The Kier molecular flexibility index (Phi) is 4.90. The number of nitrogens with zero attached hydrogens (tertiary/aromatic N) is 3. The van der Waals surface area contributed by atoms with Gasteiger partial charge in [0, 0.05) is 48.5 Å². The number of aryl methyl sites for hydroxylation is 1. The summed E-state index contributed by atoms with van der Waals surface area (Å²) in [6, 6.07) is 10.4. The van der Waals surface area contributed by atoms with Gasteiger partial charge in [-0.05, 0) is 42.5 Å². The fraction of sp³-hybridized carbons (Fsp3) is 0.273. The van der Waals surface area contributed by atoms with Gasteiger partial charge in [-0.3, -0.25) is 14.0 Å². The summed E-state index contributed by atoms with van der Waals surface area (Å²) in [5, 5.41) is 12.1. The monoisotopic (exact) mass is 443 g/mol. The summed E-state index contributed by atoms with van der Waals surface area (Å²) in [4.78, 5) is 12.2. The molecule has 0 spiro atoms. The van der Waals surface area contributed by atoms with E-state index < -0.39 is 11.7 Å². The van der Waals surface area contributed by atoms with Crippen LogP contribution < -0.4 is 10.6 Å². The molecule has 0 atom stereocenters. The van der Waals surface area contributed by atoms with E-state index in [1.54, 1.807) is 17.8 Å². The highest BCUT2D eigenvalue weighted by molar-refractivity contribution is 6.09. The Balaban J connectivity index is 1.50. The fourth-order valence-corrected chi connectivity index (χ4v) is 3.80. The van der Waals surface area contributed by atoms with Gasteiger partial charge < -0.3 is 15.4 Å². The van der Waals surface area contributed by atoms with Crippen LogP contribution in [0.1, 0.15) is 5.56 Å². The number of ether oxygens (including phenoxy) is 1. The van der Waals surface area contributed by atoms with E-state index in [1.165, 1.54) is 12.1 Å². The Bertz CT molecular complexity index is 1300. The van der Waals surface area contributed by atoms with Crippen molar-refractivity contribution in [3.8, 4) is 5.69 Å². The average molecular weight is 443 g/mol. The highest BCUT2D eigenvalue weighted by Gasteiger charge is 2.30. The third-order valence-corrected chi connectivity index (χ3v) is 5.48. The SMILES string of the molecule is Cn1cc2c3cc(NC(=O)COC4CNC4)ccc3n(-c3ccc(C(F)(F)F)cc3)c2n1. The molecule has 0 radical (unpaired) electrons. The van der Waals surface area contributed by atoms with Crippen molar-refractivity contribution in [3.05, 3.63) is 54.2 Å². The molecular formula is C22H20F3N5O2. The Morgan fingerprint density at radius 3 is 2.59 bits per heavy atom. The van der Waals surface area contributed by atoms with Gasteiger partial charge in [0.1, 0.15) is 6.61 Å². The van der Waals surface area contributed by atoms with E-state index in [4.69, 9.17) is 4.74 Å². The molecule has 4 aromatic rings. The predicted octanol–water partition coefficient (Wildman–Crippen LogP) is 3.46. The first-order chi connectivity index (χ1) is 15.3. The first-order valence-corrected chi connectivity index (χ1v) is 10.1. The van der Waals surface area contributed by atoms with Crippen LogP contribution in [0.5, 0.6) is 0 Å². The van der Waals surface area contributed by atoms with Crippen LogP contribution in [-0.4, -0.2) is 46.1 Å². The number of hydrogen-bond acceptors (Lipinski definition) is 4. The molecule has 0 unspecified atom stereocenters. The molecule has 0 bridgehead atoms. The molecule has 1 aliphatic rings. The van der Waals surface area contributed by atoms with E-state index in [-0.39, 0.29) is 18.6 Å². The second-order valence-corrected chi connectivity index (χ2v) is 7.79. The Labute approximate surface area is 180 Å². The van der Waals surface area contributed by atoms with Crippen molar-refractivity contribution in [1.29, 1.82) is 0 Å². The first kappa shape index (κ1) is 20.5. The number of alkyl halides is 3. The van der Waals surface area contributed by atoms with E-state index in [9.17, 15) is 18.0 Å². The maximum atomic E-state index is 13.0. The second kappa shape index (κ2) is 7.64. The highest BCUT2D eigenvalue weighted by atomic mass is 19.4. The summed E-state index contributed by atoms with van der Waals surface area (Å²) in [5.41, 5.74) is 1.85. The van der Waals surface area contributed by atoms with Crippen molar-refractivity contribution in [2.45, 2.75) is 12.3 Å². The molecule has 166 valence electrons. The van der Waals surface area contributed by atoms with Crippen LogP contribution in [0.2, 0.25) is 0 Å². The average Bonchev–Trinajstić information content (AvgIpc) is 3.21. The molecule has 7 nitrogen and oxygen atoms in total. The van der Waals surface area contributed by atoms with Crippen LogP contribution in [0.25, 0.3) is 27.6 Å². The van der Waals surface area contributed by atoms with Gasteiger partial charge >= 0.3 is 6.18 Å². The summed E-state index contributed by atoms with van der Waals surface area (Å²) in [7, 11) is 1.78. The van der Waals surface area contributed by atoms with Crippen molar-refractivity contribution in [1.82, 2.24) is 19.7 Å². The van der Waals surface area contributed by atoms with Gasteiger partial charge in [0.2, 0.25) is 5.91 Å². The zero-order valence-corrected chi connectivity index (χ0v) is 17.1. The summed E-state index contributed by atoms with van der Waals surface area (Å²) in [6.45, 7) is 1.46. The van der Waals surface area contributed by atoms with E-state index in [0.29, 0.717) is 17.0 Å². The summed E-state index contributed by atoms with van der Waals surface area (Å²) >= 11 is 0. The lowest BCUT2D eigenvalue weighted by Gasteiger charge is -2.26. The minimum atomic E-state index is -4.40. The van der Waals surface area contributed by atoms with Gasteiger partial charge in [-0.25, -0.2) is 0 Å². The molecule has 3 heterocycles. The number of rotatable bonds is 5. The van der Waals surface area contributed by atoms with Crippen LogP contribution in [0.15, 0.2) is 48.7 Å². The maximum absolute atomic E-state index is 13.0. The number of anilines is 1. The molecule has 1 amide bonds. The van der Waals surface area contributed by atoms with Crippen molar-refractivity contribution >= 4 is 33.5 Å². The van der Waals surface area contributed by atoms with Crippen LogP contribution in [0, 0.1) is 0 Å². The van der Waals surface area contributed by atoms with E-state index >= 15 is 0 Å². The molecule has 10 heteroatoms.